The van der Waals surface area contributed by atoms with Crippen molar-refractivity contribution in [3.8, 4) is 0 Å². The first-order valence-corrected chi connectivity index (χ1v) is 4.26. The van der Waals surface area contributed by atoms with Gasteiger partial charge in [0.25, 0.3) is 0 Å². The molecule has 70 valence electrons. The number of aromatic nitrogens is 1. The Bertz CT molecular complexity index is 285. The topological polar surface area (TPSA) is 57.4 Å². The van der Waals surface area contributed by atoms with Gasteiger partial charge in [-0.2, -0.15) is 0 Å². The van der Waals surface area contributed by atoms with Crippen LogP contribution in [-0.2, 0) is 9.47 Å². The van der Waals surface area contributed by atoms with Gasteiger partial charge in [0.2, 0.25) is 0 Å². The monoisotopic (exact) mass is 180 g/mol. The van der Waals surface area contributed by atoms with Crippen LogP contribution in [0.2, 0.25) is 0 Å². The van der Waals surface area contributed by atoms with Crippen molar-refractivity contribution in [2.24, 2.45) is 0 Å². The highest BCUT2D eigenvalue weighted by atomic mass is 16.6. The van der Waals surface area contributed by atoms with Crippen molar-refractivity contribution in [3.63, 3.8) is 0 Å². The largest absolute Gasteiger partial charge is 0.397 e. The molecule has 4 heteroatoms. The minimum Gasteiger partial charge on any atom is -0.397 e. The van der Waals surface area contributed by atoms with E-state index in [1.807, 2.05) is 6.07 Å². The van der Waals surface area contributed by atoms with Crippen LogP contribution in [0.3, 0.4) is 0 Å². The standard InChI is InChI=1S/C9H12N2O2/c10-8-5-11-2-1-7(8)9-6-12-3-4-13-9/h1-2,5,9H,3-4,6,10H2. The van der Waals surface area contributed by atoms with Crippen molar-refractivity contribution in [2.75, 3.05) is 25.6 Å². The fourth-order valence-electron chi connectivity index (χ4n) is 1.38. The van der Waals surface area contributed by atoms with Crippen LogP contribution in [0, 0.1) is 0 Å². The molecule has 13 heavy (non-hydrogen) atoms. The number of ether oxygens (including phenoxy) is 2. The van der Waals surface area contributed by atoms with Crippen molar-refractivity contribution < 1.29 is 9.47 Å². The summed E-state index contributed by atoms with van der Waals surface area (Å²) in [6.07, 6.45) is 3.31. The molecule has 1 saturated heterocycles. The van der Waals surface area contributed by atoms with Crippen LogP contribution in [0.15, 0.2) is 18.5 Å². The Morgan fingerprint density at radius 3 is 3.08 bits per heavy atom. The fraction of sp³-hybridized carbons (Fsp3) is 0.444. The second-order valence-corrected chi connectivity index (χ2v) is 2.94. The van der Waals surface area contributed by atoms with Crippen molar-refractivity contribution in [1.82, 2.24) is 4.98 Å². The molecule has 1 aliphatic heterocycles. The summed E-state index contributed by atoms with van der Waals surface area (Å²) in [5.74, 6) is 0. The van der Waals surface area contributed by atoms with Gasteiger partial charge < -0.3 is 15.2 Å². The van der Waals surface area contributed by atoms with E-state index in [9.17, 15) is 0 Å². The molecule has 2 N–H and O–H groups in total. The van der Waals surface area contributed by atoms with E-state index in [0.29, 0.717) is 25.5 Å². The second kappa shape index (κ2) is 3.72. The first kappa shape index (κ1) is 8.47. The van der Waals surface area contributed by atoms with E-state index >= 15 is 0 Å². The molecule has 4 nitrogen and oxygen atoms in total. The minimum atomic E-state index is -0.0308. The van der Waals surface area contributed by atoms with Crippen molar-refractivity contribution in [1.29, 1.82) is 0 Å². The highest BCUT2D eigenvalue weighted by molar-refractivity contribution is 5.45. The van der Waals surface area contributed by atoms with Crippen molar-refractivity contribution in [2.45, 2.75) is 6.10 Å². The summed E-state index contributed by atoms with van der Waals surface area (Å²) in [4.78, 5) is 3.92. The molecule has 2 heterocycles. The van der Waals surface area contributed by atoms with Crippen LogP contribution in [-0.4, -0.2) is 24.8 Å². The maximum Gasteiger partial charge on any atom is 0.108 e. The van der Waals surface area contributed by atoms with E-state index in [1.165, 1.54) is 0 Å². The maximum absolute atomic E-state index is 5.75. The molecule has 1 aromatic rings. The van der Waals surface area contributed by atoms with Gasteiger partial charge in [0.15, 0.2) is 0 Å². The lowest BCUT2D eigenvalue weighted by molar-refractivity contribution is -0.0898. The van der Waals surface area contributed by atoms with Gasteiger partial charge >= 0.3 is 0 Å². The molecule has 0 radical (unpaired) electrons. The predicted octanol–water partition coefficient (Wildman–Crippen LogP) is 0.752. The van der Waals surface area contributed by atoms with Gasteiger partial charge in [-0.05, 0) is 6.07 Å². The summed E-state index contributed by atoms with van der Waals surface area (Å²) in [5.41, 5.74) is 7.39. The zero-order valence-corrected chi connectivity index (χ0v) is 7.27. The Hall–Kier alpha value is -1.13. The van der Waals surface area contributed by atoms with Crippen LogP contribution in [0.1, 0.15) is 11.7 Å². The first-order valence-electron chi connectivity index (χ1n) is 4.26. The normalized spacial score (nSPS) is 22.9. The fourth-order valence-corrected chi connectivity index (χ4v) is 1.38. The lowest BCUT2D eigenvalue weighted by atomic mass is 10.1. The quantitative estimate of drug-likeness (QED) is 0.693. The Labute approximate surface area is 76.7 Å². The molecule has 0 aromatic carbocycles. The minimum absolute atomic E-state index is 0.0308. The lowest BCUT2D eigenvalue weighted by Gasteiger charge is -2.23. The molecule has 0 amide bonds. The Balaban J connectivity index is 2.18. The summed E-state index contributed by atoms with van der Waals surface area (Å²) in [7, 11) is 0. The molecule has 1 unspecified atom stereocenters. The molecule has 1 atom stereocenters. The van der Waals surface area contributed by atoms with Gasteiger partial charge in [-0.3, -0.25) is 4.98 Å². The van der Waals surface area contributed by atoms with Crippen LogP contribution in [0.5, 0.6) is 0 Å². The zero-order valence-electron chi connectivity index (χ0n) is 7.27. The average molecular weight is 180 g/mol. The van der Waals surface area contributed by atoms with E-state index in [2.05, 4.69) is 4.98 Å². The Morgan fingerprint density at radius 1 is 1.46 bits per heavy atom. The number of pyridine rings is 1. The summed E-state index contributed by atoms with van der Waals surface area (Å²) in [6.45, 7) is 1.88. The molecular formula is C9H12N2O2. The van der Waals surface area contributed by atoms with Gasteiger partial charge in [0.1, 0.15) is 6.10 Å². The SMILES string of the molecule is Nc1cnccc1C1COCCO1. The van der Waals surface area contributed by atoms with Gasteiger partial charge in [-0.15, -0.1) is 0 Å². The number of nitrogen functional groups attached to an aromatic ring is 1. The number of nitrogens with zero attached hydrogens (tertiary/aromatic N) is 1. The Kier molecular flexibility index (Phi) is 2.42. The summed E-state index contributed by atoms with van der Waals surface area (Å²) in [6, 6.07) is 1.87. The average Bonchev–Trinajstić information content (AvgIpc) is 2.20. The second-order valence-electron chi connectivity index (χ2n) is 2.94. The summed E-state index contributed by atoms with van der Waals surface area (Å²) in [5, 5.41) is 0. The van der Waals surface area contributed by atoms with Crippen molar-refractivity contribution >= 4 is 5.69 Å². The van der Waals surface area contributed by atoms with Crippen molar-refractivity contribution in [3.05, 3.63) is 24.0 Å². The van der Waals surface area contributed by atoms with E-state index in [4.69, 9.17) is 15.2 Å². The highest BCUT2D eigenvalue weighted by Crippen LogP contribution is 2.24. The van der Waals surface area contributed by atoms with E-state index in [1.54, 1.807) is 12.4 Å². The molecule has 1 fully saturated rings. The predicted molar refractivity (Wildman–Crippen MR) is 48.2 cm³/mol. The lowest BCUT2D eigenvalue weighted by Crippen LogP contribution is -2.22. The van der Waals surface area contributed by atoms with Crippen LogP contribution < -0.4 is 5.73 Å². The van der Waals surface area contributed by atoms with Gasteiger partial charge in [0, 0.05) is 11.8 Å². The van der Waals surface area contributed by atoms with E-state index < -0.39 is 0 Å². The molecule has 0 bridgehead atoms. The molecular weight excluding hydrogens is 168 g/mol. The summed E-state index contributed by atoms with van der Waals surface area (Å²) < 4.78 is 10.8. The molecule has 0 aliphatic carbocycles. The molecule has 1 aliphatic rings. The molecule has 0 spiro atoms. The third-order valence-corrected chi connectivity index (χ3v) is 2.05. The third-order valence-electron chi connectivity index (χ3n) is 2.05. The Morgan fingerprint density at radius 2 is 2.38 bits per heavy atom. The number of hydrogen-bond acceptors (Lipinski definition) is 4. The smallest absolute Gasteiger partial charge is 0.108 e. The van der Waals surface area contributed by atoms with Gasteiger partial charge in [0.05, 0.1) is 31.7 Å². The zero-order chi connectivity index (χ0) is 9.10. The number of nitrogens with two attached hydrogens (primary N) is 1. The highest BCUT2D eigenvalue weighted by Gasteiger charge is 2.18. The first-order chi connectivity index (χ1) is 6.38. The number of hydrogen-bond donors (Lipinski definition) is 1. The van der Waals surface area contributed by atoms with Gasteiger partial charge in [-0.1, -0.05) is 0 Å². The van der Waals surface area contributed by atoms with E-state index in [-0.39, 0.29) is 6.10 Å². The van der Waals surface area contributed by atoms with Crippen LogP contribution >= 0.6 is 0 Å². The summed E-state index contributed by atoms with van der Waals surface area (Å²) >= 11 is 0. The molecule has 1 aromatic heterocycles. The maximum atomic E-state index is 5.75. The third kappa shape index (κ3) is 1.79. The number of rotatable bonds is 1. The molecule has 2 rings (SSSR count). The molecule has 0 saturated carbocycles. The van der Waals surface area contributed by atoms with Gasteiger partial charge in [-0.25, -0.2) is 0 Å². The van der Waals surface area contributed by atoms with Crippen LogP contribution in [0.4, 0.5) is 5.69 Å². The van der Waals surface area contributed by atoms with Crippen LogP contribution in [0.25, 0.3) is 0 Å². The number of anilines is 1. The van der Waals surface area contributed by atoms with E-state index in [0.717, 1.165) is 5.56 Å².